The van der Waals surface area contributed by atoms with Crippen molar-refractivity contribution >= 4 is 39.0 Å². The maximum absolute atomic E-state index is 12.7. The Bertz CT molecular complexity index is 952. The van der Waals surface area contributed by atoms with E-state index in [1.54, 1.807) is 12.1 Å². The summed E-state index contributed by atoms with van der Waals surface area (Å²) in [4.78, 5) is 24.4. The Morgan fingerprint density at radius 3 is 2.58 bits per heavy atom. The lowest BCUT2D eigenvalue weighted by Gasteiger charge is -2.32. The van der Waals surface area contributed by atoms with Gasteiger partial charge in [-0.1, -0.05) is 25.0 Å². The molecule has 3 aliphatic rings. The number of likely N-dealkylation sites (tertiary alicyclic amines) is 1. The summed E-state index contributed by atoms with van der Waals surface area (Å²) >= 11 is 3.48. The molecule has 0 spiro atoms. The molecule has 0 aromatic heterocycles. The van der Waals surface area contributed by atoms with E-state index in [2.05, 4.69) is 15.9 Å². The minimum atomic E-state index is 0.185. The quantitative estimate of drug-likeness (QED) is 0.663. The van der Waals surface area contributed by atoms with Crippen LogP contribution in [0, 0.1) is 5.92 Å². The van der Waals surface area contributed by atoms with Crippen molar-refractivity contribution in [3.63, 3.8) is 0 Å². The highest BCUT2D eigenvalue weighted by molar-refractivity contribution is 9.12. The molecule has 1 amide bonds. The first-order valence-electron chi connectivity index (χ1n) is 11.1. The number of hydrogen-bond acceptors (Lipinski definition) is 5. The van der Waals surface area contributed by atoms with E-state index in [0.717, 1.165) is 54.7 Å². The second-order valence-corrected chi connectivity index (χ2v) is 9.31. The highest BCUT2D eigenvalue weighted by atomic mass is 79.9. The molecule has 3 N–H and O–H groups in total. The van der Waals surface area contributed by atoms with Crippen molar-refractivity contribution in [3.8, 4) is 5.75 Å². The molecule has 1 aromatic rings. The number of carbonyl (C=O) groups is 1. The number of para-hydroxylation sites is 1. The van der Waals surface area contributed by atoms with Gasteiger partial charge in [-0.15, -0.1) is 0 Å². The largest absolute Gasteiger partial charge is 0.507 e. The lowest BCUT2D eigenvalue weighted by Crippen LogP contribution is -2.42. The first-order valence-corrected chi connectivity index (χ1v) is 11.9. The van der Waals surface area contributed by atoms with Crippen molar-refractivity contribution in [1.29, 1.82) is 0 Å². The molecule has 164 valence electrons. The number of amides is 1. The fourth-order valence-corrected chi connectivity index (χ4v) is 4.85. The zero-order valence-corrected chi connectivity index (χ0v) is 19.2. The van der Waals surface area contributed by atoms with Crippen molar-refractivity contribution in [2.45, 2.75) is 51.0 Å². The van der Waals surface area contributed by atoms with E-state index in [4.69, 9.17) is 15.7 Å². The minimum Gasteiger partial charge on any atom is -0.507 e. The van der Waals surface area contributed by atoms with E-state index in [1.165, 1.54) is 19.0 Å². The van der Waals surface area contributed by atoms with Crippen LogP contribution < -0.4 is 5.73 Å². The van der Waals surface area contributed by atoms with Crippen molar-refractivity contribution in [3.05, 3.63) is 46.6 Å². The van der Waals surface area contributed by atoms with Gasteiger partial charge in [-0.3, -0.25) is 14.8 Å². The van der Waals surface area contributed by atoms with Gasteiger partial charge in [0.15, 0.2) is 0 Å². The number of phenolic OH excluding ortho intramolecular Hbond substituents is 1. The molecule has 0 bridgehead atoms. The summed E-state index contributed by atoms with van der Waals surface area (Å²) in [5.74, 6) is 0.767. The first-order chi connectivity index (χ1) is 15.0. The standard InChI is InChI=1S/C24H29BrN4O2/c25-20(15-26)22-14-18(13-21(28-22)19-7-3-4-8-23(19)30)27-17-9-11-29(12-10-17)24(31)16-5-1-2-6-16/h3-4,7-8,13,15-17,30H,1-2,5-6,9-12,14,26H2. The van der Waals surface area contributed by atoms with Gasteiger partial charge in [0.2, 0.25) is 5.91 Å². The molecular weight excluding hydrogens is 456 g/mol. The number of aliphatic imine (C=N–C) groups is 2. The van der Waals surface area contributed by atoms with Crippen LogP contribution in [-0.2, 0) is 4.79 Å². The third-order valence-electron chi connectivity index (χ3n) is 6.34. The van der Waals surface area contributed by atoms with E-state index in [1.807, 2.05) is 23.1 Å². The van der Waals surface area contributed by atoms with Gasteiger partial charge in [0.1, 0.15) is 5.75 Å². The second kappa shape index (κ2) is 9.81. The van der Waals surface area contributed by atoms with Gasteiger partial charge < -0.3 is 15.7 Å². The summed E-state index contributed by atoms with van der Waals surface area (Å²) in [6, 6.07) is 7.35. The summed E-state index contributed by atoms with van der Waals surface area (Å²) in [5, 5.41) is 10.3. The van der Waals surface area contributed by atoms with Crippen molar-refractivity contribution in [1.82, 2.24) is 4.90 Å². The molecule has 2 fully saturated rings. The number of allylic oxidation sites excluding steroid dienone is 2. The molecule has 1 aliphatic carbocycles. The lowest BCUT2D eigenvalue weighted by atomic mass is 9.99. The Labute approximate surface area is 191 Å². The monoisotopic (exact) mass is 484 g/mol. The number of halogens is 1. The second-order valence-electron chi connectivity index (χ2n) is 8.45. The molecule has 0 atom stereocenters. The zero-order valence-electron chi connectivity index (χ0n) is 17.6. The predicted molar refractivity (Wildman–Crippen MR) is 128 cm³/mol. The molecule has 1 saturated heterocycles. The average Bonchev–Trinajstić information content (AvgIpc) is 3.33. The zero-order chi connectivity index (χ0) is 21.8. The highest BCUT2D eigenvalue weighted by Crippen LogP contribution is 2.31. The first kappa shape index (κ1) is 21.8. The van der Waals surface area contributed by atoms with Crippen molar-refractivity contribution in [2.24, 2.45) is 21.6 Å². The van der Waals surface area contributed by atoms with Gasteiger partial charge in [0.25, 0.3) is 0 Å². The number of nitrogens with two attached hydrogens (primary N) is 1. The Hall–Kier alpha value is -2.41. The topological polar surface area (TPSA) is 91.3 Å². The van der Waals surface area contributed by atoms with Gasteiger partial charge in [0, 0.05) is 42.9 Å². The van der Waals surface area contributed by atoms with E-state index in [0.29, 0.717) is 23.6 Å². The number of carbonyl (C=O) groups excluding carboxylic acids is 1. The molecule has 2 heterocycles. The number of phenols is 1. The number of rotatable bonds is 4. The van der Waals surface area contributed by atoms with Gasteiger partial charge in [-0.2, -0.15) is 0 Å². The van der Waals surface area contributed by atoms with Crippen molar-refractivity contribution in [2.75, 3.05) is 13.1 Å². The number of aromatic hydroxyl groups is 1. The maximum atomic E-state index is 12.7. The molecule has 31 heavy (non-hydrogen) atoms. The van der Waals surface area contributed by atoms with Crippen molar-refractivity contribution < 1.29 is 9.90 Å². The van der Waals surface area contributed by atoms with E-state index < -0.39 is 0 Å². The molecular formula is C24H29BrN4O2. The molecule has 0 unspecified atom stereocenters. The van der Waals surface area contributed by atoms with Crippen LogP contribution >= 0.6 is 15.9 Å². The third kappa shape index (κ3) is 5.09. The normalized spacial score (nSPS) is 22.5. The van der Waals surface area contributed by atoms with Gasteiger partial charge in [0.05, 0.1) is 21.9 Å². The number of benzene rings is 1. The Balaban J connectivity index is 1.50. The fraction of sp³-hybridized carbons (Fsp3) is 0.458. The van der Waals surface area contributed by atoms with Crippen LogP contribution in [0.3, 0.4) is 0 Å². The summed E-state index contributed by atoms with van der Waals surface area (Å²) in [6.07, 6.45) is 10.2. The summed E-state index contributed by atoms with van der Waals surface area (Å²) in [6.45, 7) is 1.56. The SMILES string of the molecule is NC=C(Br)C1=NC(c2ccccc2O)=CC(=NC2CCN(C(=O)C3CCCC3)CC2)C1. The predicted octanol–water partition coefficient (Wildman–Crippen LogP) is 4.40. The molecule has 6 nitrogen and oxygen atoms in total. The van der Waals surface area contributed by atoms with Gasteiger partial charge in [-0.25, -0.2) is 0 Å². The van der Waals surface area contributed by atoms with E-state index in [9.17, 15) is 9.90 Å². The Morgan fingerprint density at radius 2 is 1.90 bits per heavy atom. The average molecular weight is 485 g/mol. The van der Waals surface area contributed by atoms with Crippen LogP contribution in [0.5, 0.6) is 5.75 Å². The Kier molecular flexibility index (Phi) is 6.90. The molecule has 0 radical (unpaired) electrons. The Morgan fingerprint density at radius 1 is 1.19 bits per heavy atom. The van der Waals surface area contributed by atoms with Crippen LogP contribution in [0.4, 0.5) is 0 Å². The van der Waals surface area contributed by atoms with Gasteiger partial charge in [-0.05, 0) is 59.8 Å². The molecule has 1 saturated carbocycles. The van der Waals surface area contributed by atoms with E-state index >= 15 is 0 Å². The minimum absolute atomic E-state index is 0.185. The fourth-order valence-electron chi connectivity index (χ4n) is 4.62. The van der Waals surface area contributed by atoms with E-state index in [-0.39, 0.29) is 17.7 Å². The van der Waals surface area contributed by atoms with Gasteiger partial charge >= 0.3 is 0 Å². The number of hydrogen-bond donors (Lipinski definition) is 2. The highest BCUT2D eigenvalue weighted by Gasteiger charge is 2.30. The van der Waals surface area contributed by atoms with Crippen LogP contribution in [-0.4, -0.2) is 46.5 Å². The number of piperidine rings is 1. The van der Waals surface area contributed by atoms with Crippen LogP contribution in [0.15, 0.2) is 51.0 Å². The molecule has 4 rings (SSSR count). The molecule has 7 heteroatoms. The van der Waals surface area contributed by atoms with Crippen LogP contribution in [0.2, 0.25) is 0 Å². The maximum Gasteiger partial charge on any atom is 0.225 e. The third-order valence-corrected chi connectivity index (χ3v) is 7.06. The summed E-state index contributed by atoms with van der Waals surface area (Å²) in [7, 11) is 0. The van der Waals surface area contributed by atoms with Crippen LogP contribution in [0.1, 0.15) is 50.5 Å². The van der Waals surface area contributed by atoms with Crippen LogP contribution in [0.25, 0.3) is 5.70 Å². The number of nitrogens with zero attached hydrogens (tertiary/aromatic N) is 3. The molecule has 1 aromatic carbocycles. The summed E-state index contributed by atoms with van der Waals surface area (Å²) in [5.41, 5.74) is 8.75. The molecule has 2 aliphatic heterocycles. The lowest BCUT2D eigenvalue weighted by molar-refractivity contribution is -0.136. The summed E-state index contributed by atoms with van der Waals surface area (Å²) < 4.78 is 0.721. The smallest absolute Gasteiger partial charge is 0.225 e.